The minimum atomic E-state index is -0.389. The van der Waals surface area contributed by atoms with E-state index >= 15 is 0 Å². The molecule has 0 saturated carbocycles. The maximum absolute atomic E-state index is 11.0. The van der Waals surface area contributed by atoms with Gasteiger partial charge in [-0.25, -0.2) is 0 Å². The van der Waals surface area contributed by atoms with Crippen LogP contribution in [0.15, 0.2) is 16.7 Å². The predicted octanol–water partition coefficient (Wildman–Crippen LogP) is 1.98. The molecular weight excluding hydrogens is 162 g/mol. The summed E-state index contributed by atoms with van der Waals surface area (Å²) in [6.45, 7) is 9.62. The second-order valence-electron chi connectivity index (χ2n) is 3.81. The zero-order valence-corrected chi connectivity index (χ0v) is 8.91. The largest absolute Gasteiger partial charge is 0.343 e. The lowest BCUT2D eigenvalue weighted by molar-refractivity contribution is -0.119. The molecule has 1 unspecified atom stereocenters. The van der Waals surface area contributed by atoms with Gasteiger partial charge in [-0.15, -0.1) is 0 Å². The first kappa shape index (κ1) is 10.0. The van der Waals surface area contributed by atoms with Gasteiger partial charge in [0.05, 0.1) is 5.54 Å². The summed E-state index contributed by atoms with van der Waals surface area (Å²) in [6.07, 6.45) is 3.27. The van der Waals surface area contributed by atoms with Crippen molar-refractivity contribution in [2.45, 2.75) is 40.2 Å². The summed E-state index contributed by atoms with van der Waals surface area (Å²) in [4.78, 5) is 11.0. The van der Waals surface area contributed by atoms with Crippen LogP contribution < -0.4 is 5.32 Å². The molecule has 0 aromatic rings. The maximum atomic E-state index is 11.0. The number of hydrogen-bond acceptors (Lipinski definition) is 1. The predicted molar refractivity (Wildman–Crippen MR) is 53.0 cm³/mol. The van der Waals surface area contributed by atoms with Gasteiger partial charge in [0.2, 0.25) is 5.91 Å². The van der Waals surface area contributed by atoms with Crippen molar-refractivity contribution in [1.82, 2.24) is 5.32 Å². The Morgan fingerprint density at radius 2 is 1.92 bits per heavy atom. The van der Waals surface area contributed by atoms with Crippen LogP contribution in [0.25, 0.3) is 0 Å². The molecule has 0 heterocycles. The molecule has 1 atom stereocenters. The highest BCUT2D eigenvalue weighted by atomic mass is 16.1. The summed E-state index contributed by atoms with van der Waals surface area (Å²) in [7, 11) is 0. The minimum Gasteiger partial charge on any atom is -0.343 e. The fourth-order valence-electron chi connectivity index (χ4n) is 1.70. The molecule has 71 valence electrons. The van der Waals surface area contributed by atoms with Crippen LogP contribution in [-0.2, 0) is 4.79 Å². The first-order valence-electron chi connectivity index (χ1n) is 4.45. The Bertz CT molecular complexity index is 312. The molecule has 0 aromatic carbocycles. The van der Waals surface area contributed by atoms with Gasteiger partial charge in [0.15, 0.2) is 0 Å². The molecule has 2 heteroatoms. The van der Waals surface area contributed by atoms with E-state index in [1.807, 2.05) is 20.8 Å². The topological polar surface area (TPSA) is 29.1 Å². The molecule has 0 bridgehead atoms. The first-order chi connectivity index (χ1) is 5.87. The van der Waals surface area contributed by atoms with Crippen LogP contribution in [0.1, 0.15) is 34.6 Å². The molecular formula is C11H16NO. The second kappa shape index (κ2) is 3.02. The summed E-state index contributed by atoms with van der Waals surface area (Å²) in [6, 6.07) is 0. The molecule has 1 aliphatic rings. The van der Waals surface area contributed by atoms with E-state index in [2.05, 4.69) is 18.3 Å². The zero-order valence-electron chi connectivity index (χ0n) is 8.91. The molecule has 1 N–H and O–H groups in total. The van der Waals surface area contributed by atoms with Crippen molar-refractivity contribution in [3.05, 3.63) is 22.8 Å². The van der Waals surface area contributed by atoms with Crippen LogP contribution in [0.4, 0.5) is 0 Å². The van der Waals surface area contributed by atoms with Gasteiger partial charge in [-0.2, -0.15) is 0 Å². The standard InChI is InChI=1S/C11H16NO/c1-7-6-11(5,12-10(4)13)9(3)8(7)2/h1-5H3,(H,12,13). The lowest BCUT2D eigenvalue weighted by Crippen LogP contribution is -2.43. The third-order valence-electron chi connectivity index (χ3n) is 2.74. The molecule has 1 aliphatic carbocycles. The Kier molecular flexibility index (Phi) is 2.33. The Morgan fingerprint density at radius 1 is 1.38 bits per heavy atom. The van der Waals surface area contributed by atoms with Crippen molar-refractivity contribution < 1.29 is 4.79 Å². The zero-order chi connectivity index (χ0) is 10.2. The fourth-order valence-corrected chi connectivity index (χ4v) is 1.70. The number of nitrogens with one attached hydrogen (secondary N) is 1. The highest BCUT2D eigenvalue weighted by Crippen LogP contribution is 2.32. The van der Waals surface area contributed by atoms with Crippen LogP contribution in [-0.4, -0.2) is 11.4 Å². The molecule has 0 fully saturated rings. The van der Waals surface area contributed by atoms with Crippen molar-refractivity contribution >= 4 is 5.91 Å². The minimum absolute atomic E-state index is 0.0168. The summed E-state index contributed by atoms with van der Waals surface area (Å²) < 4.78 is 0. The van der Waals surface area contributed by atoms with Crippen molar-refractivity contribution in [3.63, 3.8) is 0 Å². The third kappa shape index (κ3) is 1.67. The van der Waals surface area contributed by atoms with Gasteiger partial charge < -0.3 is 5.32 Å². The van der Waals surface area contributed by atoms with E-state index in [0.29, 0.717) is 0 Å². The van der Waals surface area contributed by atoms with E-state index in [4.69, 9.17) is 0 Å². The molecule has 1 rings (SSSR count). The highest BCUT2D eigenvalue weighted by molar-refractivity contribution is 5.75. The lowest BCUT2D eigenvalue weighted by Gasteiger charge is -2.24. The molecule has 0 spiro atoms. The van der Waals surface area contributed by atoms with Gasteiger partial charge in [0.1, 0.15) is 0 Å². The molecule has 2 nitrogen and oxygen atoms in total. The van der Waals surface area contributed by atoms with Gasteiger partial charge in [-0.05, 0) is 50.5 Å². The van der Waals surface area contributed by atoms with Gasteiger partial charge in [0.25, 0.3) is 0 Å². The quantitative estimate of drug-likeness (QED) is 0.653. The number of allylic oxidation sites excluding steroid dienone is 2. The second-order valence-corrected chi connectivity index (χ2v) is 3.81. The van der Waals surface area contributed by atoms with Crippen LogP contribution in [0, 0.1) is 6.08 Å². The van der Waals surface area contributed by atoms with E-state index in [0.717, 1.165) is 5.57 Å². The Labute approximate surface area is 79.7 Å². The van der Waals surface area contributed by atoms with Gasteiger partial charge in [0, 0.05) is 6.92 Å². The number of hydrogen-bond donors (Lipinski definition) is 1. The van der Waals surface area contributed by atoms with Crippen molar-refractivity contribution in [2.75, 3.05) is 0 Å². The van der Waals surface area contributed by atoms with Crippen LogP contribution in [0.2, 0.25) is 0 Å². The highest BCUT2D eigenvalue weighted by Gasteiger charge is 2.31. The maximum Gasteiger partial charge on any atom is 0.217 e. The van der Waals surface area contributed by atoms with E-state index < -0.39 is 0 Å². The molecule has 1 amide bonds. The monoisotopic (exact) mass is 178 g/mol. The first-order valence-corrected chi connectivity index (χ1v) is 4.45. The van der Waals surface area contributed by atoms with E-state index in [-0.39, 0.29) is 11.4 Å². The third-order valence-corrected chi connectivity index (χ3v) is 2.74. The lowest BCUT2D eigenvalue weighted by atomic mass is 9.95. The van der Waals surface area contributed by atoms with Crippen molar-refractivity contribution in [3.8, 4) is 0 Å². The Morgan fingerprint density at radius 3 is 2.23 bits per heavy atom. The summed E-state index contributed by atoms with van der Waals surface area (Å²) >= 11 is 0. The Balaban J connectivity index is 3.02. The van der Waals surface area contributed by atoms with Gasteiger partial charge in [-0.1, -0.05) is 0 Å². The fraction of sp³-hybridized carbons (Fsp3) is 0.545. The van der Waals surface area contributed by atoms with Crippen molar-refractivity contribution in [2.24, 2.45) is 0 Å². The summed E-state index contributed by atoms with van der Waals surface area (Å²) in [5.41, 5.74) is 3.16. The van der Waals surface area contributed by atoms with Crippen LogP contribution in [0.3, 0.4) is 0 Å². The number of amides is 1. The van der Waals surface area contributed by atoms with E-state index in [1.54, 1.807) is 0 Å². The smallest absolute Gasteiger partial charge is 0.217 e. The number of rotatable bonds is 1. The van der Waals surface area contributed by atoms with Crippen LogP contribution >= 0.6 is 0 Å². The average Bonchev–Trinajstić information content (AvgIpc) is 2.14. The summed E-state index contributed by atoms with van der Waals surface area (Å²) in [5.74, 6) is -0.0168. The molecule has 13 heavy (non-hydrogen) atoms. The van der Waals surface area contributed by atoms with Crippen molar-refractivity contribution in [1.29, 1.82) is 0 Å². The number of carbonyl (C=O) groups is 1. The van der Waals surface area contributed by atoms with E-state index in [9.17, 15) is 4.79 Å². The van der Waals surface area contributed by atoms with Crippen LogP contribution in [0.5, 0.6) is 0 Å². The average molecular weight is 178 g/mol. The SMILES string of the molecule is CC(=O)NC1(C)[C]=C(C)C(C)=C1C. The molecule has 0 aromatic heterocycles. The Hall–Kier alpha value is -1.05. The summed E-state index contributed by atoms with van der Waals surface area (Å²) in [5, 5.41) is 2.90. The normalized spacial score (nSPS) is 27.6. The molecule has 1 radical (unpaired) electrons. The van der Waals surface area contributed by atoms with Gasteiger partial charge in [-0.3, -0.25) is 4.79 Å². The molecule has 0 aliphatic heterocycles. The molecule has 0 saturated heterocycles. The van der Waals surface area contributed by atoms with E-state index in [1.165, 1.54) is 18.1 Å². The van der Waals surface area contributed by atoms with Gasteiger partial charge >= 0.3 is 0 Å². The number of carbonyl (C=O) groups excluding carboxylic acids is 1.